The summed E-state index contributed by atoms with van der Waals surface area (Å²) < 4.78 is 2.24. The van der Waals surface area contributed by atoms with Crippen LogP contribution in [0.1, 0.15) is 19.8 Å². The minimum Gasteiger partial charge on any atom is -0.393 e. The summed E-state index contributed by atoms with van der Waals surface area (Å²) in [6.07, 6.45) is 2.17. The Morgan fingerprint density at radius 3 is 2.40 bits per heavy atom. The minimum absolute atomic E-state index is 0.112. The van der Waals surface area contributed by atoms with Crippen LogP contribution in [0.5, 0.6) is 0 Å². The molecule has 1 aliphatic rings. The van der Waals surface area contributed by atoms with Crippen LogP contribution in [-0.4, -0.2) is 29.0 Å². The van der Waals surface area contributed by atoms with E-state index in [1.165, 1.54) is 0 Å². The maximum absolute atomic E-state index is 9.24. The van der Waals surface area contributed by atoms with Gasteiger partial charge in [0.2, 0.25) is 0 Å². The topological polar surface area (TPSA) is 23.5 Å². The number of hydrogen-bond donors (Lipinski definition) is 1. The summed E-state index contributed by atoms with van der Waals surface area (Å²) in [6, 6.07) is 0. The zero-order chi connectivity index (χ0) is 7.56. The van der Waals surface area contributed by atoms with E-state index >= 15 is 0 Å². The molecule has 1 heterocycles. The van der Waals surface area contributed by atoms with E-state index in [0.29, 0.717) is 5.92 Å². The van der Waals surface area contributed by atoms with E-state index in [0.717, 1.165) is 25.9 Å². The van der Waals surface area contributed by atoms with Crippen LogP contribution >= 0.6 is 9.39 Å². The fraction of sp³-hybridized carbons (Fsp3) is 1.00. The Bertz CT molecular complexity index is 99.8. The molecule has 1 rings (SSSR count). The Morgan fingerprint density at radius 2 is 2.00 bits per heavy atom. The van der Waals surface area contributed by atoms with Crippen LogP contribution in [0.3, 0.4) is 0 Å². The quantitative estimate of drug-likeness (QED) is 0.577. The van der Waals surface area contributed by atoms with Crippen molar-refractivity contribution in [1.29, 1.82) is 0 Å². The second-order valence-electron chi connectivity index (χ2n) is 3.11. The van der Waals surface area contributed by atoms with Crippen molar-refractivity contribution in [3.05, 3.63) is 0 Å². The fourth-order valence-corrected chi connectivity index (χ4v) is 1.70. The summed E-state index contributed by atoms with van der Waals surface area (Å²) in [6.45, 7) is 4.11. The molecule has 10 heavy (non-hydrogen) atoms. The second kappa shape index (κ2) is 3.66. The van der Waals surface area contributed by atoms with Crippen molar-refractivity contribution in [3.63, 3.8) is 0 Å². The van der Waals surface area contributed by atoms with Crippen molar-refractivity contribution >= 4 is 9.39 Å². The molecule has 0 bridgehead atoms. The van der Waals surface area contributed by atoms with Crippen molar-refractivity contribution in [1.82, 2.24) is 4.67 Å². The van der Waals surface area contributed by atoms with Gasteiger partial charge in [-0.25, -0.2) is 0 Å². The number of aliphatic hydroxyl groups is 1. The zero-order valence-electron chi connectivity index (χ0n) is 6.45. The van der Waals surface area contributed by atoms with Gasteiger partial charge in [-0.2, -0.15) is 0 Å². The number of nitrogens with zero attached hydrogens (tertiary/aromatic N) is 1. The average Bonchev–Trinajstić information content (AvgIpc) is 1.88. The first-order valence-corrected chi connectivity index (χ1v) is 4.39. The fourth-order valence-electron chi connectivity index (χ4n) is 1.40. The standard InChI is InChI=1S/C7H16NOP/c1-6(9)7-2-4-8(10)5-3-7/h6-7,9H,2-5,10H2,1H3. The number of piperidine rings is 1. The largest absolute Gasteiger partial charge is 0.393 e. The molecular formula is C7H16NOP. The molecule has 2 nitrogen and oxygen atoms in total. The van der Waals surface area contributed by atoms with Gasteiger partial charge >= 0.3 is 0 Å². The van der Waals surface area contributed by atoms with E-state index in [1.807, 2.05) is 6.92 Å². The highest BCUT2D eigenvalue weighted by Crippen LogP contribution is 2.21. The lowest BCUT2D eigenvalue weighted by Crippen LogP contribution is -2.31. The normalized spacial score (nSPS) is 26.7. The van der Waals surface area contributed by atoms with E-state index < -0.39 is 0 Å². The van der Waals surface area contributed by atoms with Crippen LogP contribution in [-0.2, 0) is 0 Å². The van der Waals surface area contributed by atoms with E-state index in [-0.39, 0.29) is 6.10 Å². The smallest absolute Gasteiger partial charge is 0.0541 e. The Hall–Kier alpha value is 0.350. The Morgan fingerprint density at radius 1 is 1.50 bits per heavy atom. The number of rotatable bonds is 1. The Balaban J connectivity index is 2.26. The molecule has 3 heteroatoms. The molecule has 60 valence electrons. The molecule has 0 amide bonds. The van der Waals surface area contributed by atoms with Gasteiger partial charge in [-0.1, -0.05) is 9.39 Å². The highest BCUT2D eigenvalue weighted by Gasteiger charge is 2.20. The average molecular weight is 161 g/mol. The predicted octanol–water partition coefficient (Wildman–Crippen LogP) is 0.869. The van der Waals surface area contributed by atoms with Crippen LogP contribution < -0.4 is 0 Å². The molecule has 2 atom stereocenters. The van der Waals surface area contributed by atoms with Crippen molar-refractivity contribution in [2.75, 3.05) is 13.1 Å². The molecule has 0 aliphatic carbocycles. The molecule has 1 N–H and O–H groups in total. The highest BCUT2D eigenvalue weighted by atomic mass is 31.0. The van der Waals surface area contributed by atoms with Crippen LogP contribution in [0.2, 0.25) is 0 Å². The molecule has 1 saturated heterocycles. The third-order valence-electron chi connectivity index (χ3n) is 2.26. The molecule has 0 radical (unpaired) electrons. The lowest BCUT2D eigenvalue weighted by atomic mass is 9.93. The van der Waals surface area contributed by atoms with Gasteiger partial charge in [0, 0.05) is 13.1 Å². The SMILES string of the molecule is CC(O)C1CCN(P)CC1. The number of hydrogen-bond acceptors (Lipinski definition) is 2. The van der Waals surface area contributed by atoms with Crippen molar-refractivity contribution in [3.8, 4) is 0 Å². The van der Waals surface area contributed by atoms with Crippen LogP contribution in [0.4, 0.5) is 0 Å². The predicted molar refractivity (Wildman–Crippen MR) is 45.7 cm³/mol. The molecule has 0 saturated carbocycles. The highest BCUT2D eigenvalue weighted by molar-refractivity contribution is 7.13. The van der Waals surface area contributed by atoms with Gasteiger partial charge in [-0.15, -0.1) is 0 Å². The summed E-state index contributed by atoms with van der Waals surface area (Å²) in [5.74, 6) is 0.539. The first-order chi connectivity index (χ1) is 4.70. The molecule has 0 aromatic rings. The van der Waals surface area contributed by atoms with Crippen molar-refractivity contribution < 1.29 is 5.11 Å². The first-order valence-electron chi connectivity index (χ1n) is 3.88. The summed E-state index contributed by atoms with van der Waals surface area (Å²) in [4.78, 5) is 0. The van der Waals surface area contributed by atoms with Gasteiger partial charge in [0.25, 0.3) is 0 Å². The van der Waals surface area contributed by atoms with Gasteiger partial charge in [0.15, 0.2) is 0 Å². The zero-order valence-corrected chi connectivity index (χ0v) is 7.61. The van der Waals surface area contributed by atoms with E-state index in [4.69, 9.17) is 0 Å². The third kappa shape index (κ3) is 2.19. The molecule has 0 spiro atoms. The first kappa shape index (κ1) is 8.45. The van der Waals surface area contributed by atoms with Crippen LogP contribution in [0.25, 0.3) is 0 Å². The second-order valence-corrected chi connectivity index (χ2v) is 3.84. The van der Waals surface area contributed by atoms with Gasteiger partial charge in [0.1, 0.15) is 0 Å². The van der Waals surface area contributed by atoms with Crippen LogP contribution in [0, 0.1) is 5.92 Å². The third-order valence-corrected chi connectivity index (χ3v) is 2.77. The van der Waals surface area contributed by atoms with Gasteiger partial charge in [-0.05, 0) is 25.7 Å². The molecule has 0 aromatic heterocycles. The Labute approximate surface area is 64.9 Å². The Kier molecular flexibility index (Phi) is 3.09. The van der Waals surface area contributed by atoms with Crippen molar-refractivity contribution in [2.45, 2.75) is 25.9 Å². The monoisotopic (exact) mass is 161 g/mol. The maximum Gasteiger partial charge on any atom is 0.0541 e. The van der Waals surface area contributed by atoms with Crippen LogP contribution in [0.15, 0.2) is 0 Å². The van der Waals surface area contributed by atoms with E-state index in [1.54, 1.807) is 0 Å². The van der Waals surface area contributed by atoms with Crippen molar-refractivity contribution in [2.24, 2.45) is 5.92 Å². The summed E-state index contributed by atoms with van der Waals surface area (Å²) in [7, 11) is 2.71. The molecule has 1 fully saturated rings. The summed E-state index contributed by atoms with van der Waals surface area (Å²) >= 11 is 0. The van der Waals surface area contributed by atoms with Gasteiger partial charge < -0.3 is 5.11 Å². The maximum atomic E-state index is 9.24. The lowest BCUT2D eigenvalue weighted by Gasteiger charge is -2.30. The summed E-state index contributed by atoms with van der Waals surface area (Å²) in [5.41, 5.74) is 0. The molecule has 0 aromatic carbocycles. The summed E-state index contributed by atoms with van der Waals surface area (Å²) in [5, 5.41) is 9.24. The lowest BCUT2D eigenvalue weighted by molar-refractivity contribution is 0.0930. The van der Waals surface area contributed by atoms with E-state index in [2.05, 4.69) is 14.1 Å². The minimum atomic E-state index is -0.112. The molecule has 1 aliphatic heterocycles. The van der Waals surface area contributed by atoms with Gasteiger partial charge in [-0.3, -0.25) is 4.67 Å². The molecular weight excluding hydrogens is 145 g/mol. The number of aliphatic hydroxyl groups excluding tert-OH is 1. The van der Waals surface area contributed by atoms with E-state index in [9.17, 15) is 5.11 Å². The molecule has 2 unspecified atom stereocenters. The van der Waals surface area contributed by atoms with Gasteiger partial charge in [0.05, 0.1) is 6.10 Å².